The van der Waals surface area contributed by atoms with E-state index in [4.69, 9.17) is 14.7 Å². The molecule has 1 amide bonds. The Bertz CT molecular complexity index is 1040. The number of hydrogen-bond acceptors (Lipinski definition) is 5. The molecule has 0 aliphatic rings. The lowest BCUT2D eigenvalue weighted by molar-refractivity contribution is 0.0955. The van der Waals surface area contributed by atoms with Crippen LogP contribution >= 0.6 is 0 Å². The summed E-state index contributed by atoms with van der Waals surface area (Å²) in [5, 5.41) is 14.6. The number of nitrogens with zero attached hydrogens (tertiary/aromatic N) is 2. The Labute approximate surface area is 156 Å². The Morgan fingerprint density at radius 3 is 2.70 bits per heavy atom. The van der Waals surface area contributed by atoms with Gasteiger partial charge in [-0.2, -0.15) is 10.4 Å². The Morgan fingerprint density at radius 1 is 1.11 bits per heavy atom. The molecule has 0 aliphatic heterocycles. The van der Waals surface area contributed by atoms with E-state index in [-0.39, 0.29) is 12.5 Å². The van der Waals surface area contributed by atoms with E-state index in [1.807, 2.05) is 42.5 Å². The largest absolute Gasteiger partial charge is 0.493 e. The van der Waals surface area contributed by atoms with Crippen molar-refractivity contribution in [1.29, 1.82) is 5.26 Å². The summed E-state index contributed by atoms with van der Waals surface area (Å²) in [6.07, 6.45) is 1.51. The Balaban J connectivity index is 1.68. The second-order valence-electron chi connectivity index (χ2n) is 5.62. The fourth-order valence-corrected chi connectivity index (χ4v) is 2.55. The number of hydrogen-bond donors (Lipinski definition) is 1. The number of nitriles is 1. The highest BCUT2D eigenvalue weighted by Crippen LogP contribution is 2.27. The molecule has 6 nitrogen and oxygen atoms in total. The lowest BCUT2D eigenvalue weighted by Gasteiger charge is -2.08. The van der Waals surface area contributed by atoms with E-state index in [1.165, 1.54) is 13.3 Å². The lowest BCUT2D eigenvalue weighted by Crippen LogP contribution is -2.17. The summed E-state index contributed by atoms with van der Waals surface area (Å²) in [4.78, 5) is 12.3. The number of fused-ring (bicyclic) bond motifs is 1. The van der Waals surface area contributed by atoms with Crippen LogP contribution in [0.2, 0.25) is 0 Å². The second kappa shape index (κ2) is 8.50. The van der Waals surface area contributed by atoms with E-state index < -0.39 is 0 Å². The van der Waals surface area contributed by atoms with Gasteiger partial charge in [0.25, 0.3) is 5.91 Å². The maximum Gasteiger partial charge on any atom is 0.271 e. The quantitative estimate of drug-likeness (QED) is 0.539. The molecular formula is C21H17N3O3. The van der Waals surface area contributed by atoms with Gasteiger partial charge >= 0.3 is 0 Å². The van der Waals surface area contributed by atoms with Crippen molar-refractivity contribution in [3.8, 4) is 17.6 Å². The minimum atomic E-state index is -0.294. The van der Waals surface area contributed by atoms with Gasteiger partial charge in [-0.25, -0.2) is 5.43 Å². The standard InChI is InChI=1S/C21H17N3O3/c1-26-20-12-15(6-9-19(20)27-11-10-22)14-23-24-21(25)18-8-7-16-4-2-3-5-17(16)13-18/h2-9,12-14H,11H2,1H3,(H,24,25)/b23-14-. The molecule has 3 rings (SSSR count). The first-order valence-electron chi connectivity index (χ1n) is 8.21. The molecule has 0 unspecified atom stereocenters. The first-order valence-corrected chi connectivity index (χ1v) is 8.21. The average molecular weight is 359 g/mol. The van der Waals surface area contributed by atoms with Gasteiger partial charge in [-0.05, 0) is 46.7 Å². The van der Waals surface area contributed by atoms with E-state index in [2.05, 4.69) is 10.5 Å². The maximum absolute atomic E-state index is 12.3. The molecule has 3 aromatic carbocycles. The van der Waals surface area contributed by atoms with Gasteiger partial charge < -0.3 is 9.47 Å². The molecule has 0 bridgehead atoms. The van der Waals surface area contributed by atoms with E-state index in [1.54, 1.807) is 24.3 Å². The molecule has 0 aliphatic carbocycles. The number of methoxy groups -OCH3 is 1. The molecule has 0 radical (unpaired) electrons. The number of rotatable bonds is 6. The smallest absolute Gasteiger partial charge is 0.271 e. The molecule has 3 aromatic rings. The molecule has 134 valence electrons. The van der Waals surface area contributed by atoms with Gasteiger partial charge in [0.2, 0.25) is 0 Å². The van der Waals surface area contributed by atoms with Crippen molar-refractivity contribution in [2.75, 3.05) is 13.7 Å². The third-order valence-electron chi connectivity index (χ3n) is 3.87. The van der Waals surface area contributed by atoms with Crippen molar-refractivity contribution in [3.05, 3.63) is 71.8 Å². The zero-order valence-electron chi connectivity index (χ0n) is 14.7. The van der Waals surface area contributed by atoms with Crippen LogP contribution in [0.15, 0.2) is 65.8 Å². The summed E-state index contributed by atoms with van der Waals surface area (Å²) in [5.74, 6) is 0.657. The molecule has 0 spiro atoms. The Kier molecular flexibility index (Phi) is 5.65. The molecule has 1 N–H and O–H groups in total. The highest BCUT2D eigenvalue weighted by Gasteiger charge is 2.06. The summed E-state index contributed by atoms with van der Waals surface area (Å²) in [6.45, 7) is -0.0639. The number of carbonyl (C=O) groups excluding carboxylic acids is 1. The highest BCUT2D eigenvalue weighted by molar-refractivity contribution is 5.99. The maximum atomic E-state index is 12.3. The molecule has 0 aromatic heterocycles. The van der Waals surface area contributed by atoms with Crippen LogP contribution in [0.3, 0.4) is 0 Å². The van der Waals surface area contributed by atoms with Crippen molar-refractivity contribution in [2.45, 2.75) is 0 Å². The normalized spacial score (nSPS) is 10.5. The van der Waals surface area contributed by atoms with Crippen LogP contribution in [0, 0.1) is 11.3 Å². The predicted octanol–water partition coefficient (Wildman–Crippen LogP) is 3.51. The van der Waals surface area contributed by atoms with E-state index in [9.17, 15) is 4.79 Å². The van der Waals surface area contributed by atoms with Crippen molar-refractivity contribution < 1.29 is 14.3 Å². The molecule has 0 atom stereocenters. The third-order valence-corrected chi connectivity index (χ3v) is 3.87. The van der Waals surface area contributed by atoms with Gasteiger partial charge in [0.1, 0.15) is 6.07 Å². The van der Waals surface area contributed by atoms with E-state index >= 15 is 0 Å². The molecule has 0 saturated heterocycles. The number of amides is 1. The minimum absolute atomic E-state index is 0.0639. The molecular weight excluding hydrogens is 342 g/mol. The number of nitrogens with one attached hydrogen (secondary N) is 1. The average Bonchev–Trinajstić information content (AvgIpc) is 2.72. The SMILES string of the molecule is COc1cc(/C=N\NC(=O)c2ccc3ccccc3c2)ccc1OCC#N. The van der Waals surface area contributed by atoms with Gasteiger partial charge in [0.05, 0.1) is 13.3 Å². The van der Waals surface area contributed by atoms with Crippen molar-refractivity contribution in [3.63, 3.8) is 0 Å². The van der Waals surface area contributed by atoms with Crippen LogP contribution in [0.4, 0.5) is 0 Å². The first kappa shape index (κ1) is 18.0. The predicted molar refractivity (Wildman–Crippen MR) is 103 cm³/mol. The van der Waals surface area contributed by atoms with Gasteiger partial charge in [-0.15, -0.1) is 0 Å². The van der Waals surface area contributed by atoms with Crippen molar-refractivity contribution >= 4 is 22.9 Å². The van der Waals surface area contributed by atoms with Gasteiger partial charge in [0, 0.05) is 5.56 Å². The van der Waals surface area contributed by atoms with E-state index in [0.717, 1.165) is 16.3 Å². The zero-order chi connectivity index (χ0) is 19.1. The Hall–Kier alpha value is -3.85. The van der Waals surface area contributed by atoms with Gasteiger partial charge in [-0.3, -0.25) is 4.79 Å². The summed E-state index contributed by atoms with van der Waals surface area (Å²) >= 11 is 0. The zero-order valence-corrected chi connectivity index (χ0v) is 14.7. The highest BCUT2D eigenvalue weighted by atomic mass is 16.5. The fourth-order valence-electron chi connectivity index (χ4n) is 2.55. The molecule has 0 fully saturated rings. The Morgan fingerprint density at radius 2 is 1.93 bits per heavy atom. The van der Waals surface area contributed by atoms with Crippen LogP contribution in [-0.2, 0) is 0 Å². The van der Waals surface area contributed by atoms with Crippen molar-refractivity contribution in [1.82, 2.24) is 5.43 Å². The van der Waals surface area contributed by atoms with Crippen LogP contribution in [-0.4, -0.2) is 25.8 Å². The van der Waals surface area contributed by atoms with Crippen LogP contribution in [0.5, 0.6) is 11.5 Å². The fraction of sp³-hybridized carbons (Fsp3) is 0.0952. The first-order chi connectivity index (χ1) is 13.2. The lowest BCUT2D eigenvalue weighted by atomic mass is 10.1. The number of hydrazone groups is 1. The van der Waals surface area contributed by atoms with Crippen LogP contribution < -0.4 is 14.9 Å². The summed E-state index contributed by atoms with van der Waals surface area (Å²) in [5.41, 5.74) is 3.76. The topological polar surface area (TPSA) is 83.7 Å². The van der Waals surface area contributed by atoms with Crippen molar-refractivity contribution in [2.24, 2.45) is 5.10 Å². The molecule has 0 heterocycles. The molecule has 0 saturated carbocycles. The second-order valence-corrected chi connectivity index (χ2v) is 5.62. The summed E-state index contributed by atoms with van der Waals surface area (Å²) < 4.78 is 10.5. The molecule has 27 heavy (non-hydrogen) atoms. The van der Waals surface area contributed by atoms with Crippen LogP contribution in [0.1, 0.15) is 15.9 Å². The van der Waals surface area contributed by atoms with Gasteiger partial charge in [-0.1, -0.05) is 30.3 Å². The number of benzene rings is 3. The molecule has 6 heteroatoms. The number of ether oxygens (including phenoxy) is 2. The summed E-state index contributed by atoms with van der Waals surface area (Å²) in [6, 6.07) is 20.4. The van der Waals surface area contributed by atoms with E-state index in [0.29, 0.717) is 17.1 Å². The van der Waals surface area contributed by atoms with Crippen LogP contribution in [0.25, 0.3) is 10.8 Å². The summed E-state index contributed by atoms with van der Waals surface area (Å²) in [7, 11) is 1.51. The minimum Gasteiger partial charge on any atom is -0.493 e. The monoisotopic (exact) mass is 359 g/mol. The third kappa shape index (κ3) is 4.41. The van der Waals surface area contributed by atoms with Gasteiger partial charge in [0.15, 0.2) is 18.1 Å². The number of carbonyl (C=O) groups is 1.